The van der Waals surface area contributed by atoms with Crippen molar-refractivity contribution in [2.45, 2.75) is 6.92 Å². The summed E-state index contributed by atoms with van der Waals surface area (Å²) in [5, 5.41) is 21.0. The first-order valence-corrected chi connectivity index (χ1v) is 10.5. The fourth-order valence-corrected chi connectivity index (χ4v) is 3.52. The first kappa shape index (κ1) is 21.8. The molecule has 1 aliphatic rings. The Morgan fingerprint density at radius 1 is 1.15 bits per heavy atom. The predicted octanol–water partition coefficient (Wildman–Crippen LogP) is 1.04. The minimum absolute atomic E-state index is 0.130. The highest BCUT2D eigenvalue weighted by atomic mass is 16.3. The second-order valence-electron chi connectivity index (χ2n) is 7.44. The molecule has 0 aliphatic carbocycles. The number of benzene rings is 1. The Kier molecular flexibility index (Phi) is 6.50. The third kappa shape index (κ3) is 5.27. The Morgan fingerprint density at radius 2 is 1.91 bits per heavy atom. The molecule has 2 aromatic heterocycles. The van der Waals surface area contributed by atoms with Gasteiger partial charge >= 0.3 is 0 Å². The van der Waals surface area contributed by atoms with E-state index in [2.05, 4.69) is 47.1 Å². The monoisotopic (exact) mass is 444 g/mol. The van der Waals surface area contributed by atoms with Gasteiger partial charge in [0.15, 0.2) is 5.82 Å². The SMILES string of the molecule is CC(=O)NCC#Cc1nccc(N2CCN(c3cc(-c4ccccc4O)nnc3N)CC2)n1. The number of para-hydroxylation sites is 1. The maximum absolute atomic E-state index is 10.9. The lowest BCUT2D eigenvalue weighted by Gasteiger charge is -2.36. The number of piperazine rings is 1. The largest absolute Gasteiger partial charge is 0.507 e. The van der Waals surface area contributed by atoms with E-state index in [0.717, 1.165) is 24.6 Å². The standard InChI is InChI=1S/C23H24N8O2/c1-16(32)25-9-4-7-21-26-10-8-22(27-21)31-13-11-30(12-14-31)19-15-18(28-29-23(19)24)17-5-2-3-6-20(17)33/h2-3,5-6,8,10,15,33H,9,11-14H2,1H3,(H2,24,29)(H,25,32). The first-order valence-electron chi connectivity index (χ1n) is 10.5. The van der Waals surface area contributed by atoms with Gasteiger partial charge in [-0.2, -0.15) is 0 Å². The Balaban J connectivity index is 1.44. The highest BCUT2D eigenvalue weighted by Gasteiger charge is 2.22. The van der Waals surface area contributed by atoms with Crippen LogP contribution in [-0.4, -0.2) is 63.9 Å². The Morgan fingerprint density at radius 3 is 2.67 bits per heavy atom. The molecule has 1 fully saturated rings. The number of phenols is 1. The molecule has 4 N–H and O–H groups in total. The van der Waals surface area contributed by atoms with Gasteiger partial charge in [-0.05, 0) is 30.2 Å². The summed E-state index contributed by atoms with van der Waals surface area (Å²) < 4.78 is 0. The zero-order valence-electron chi connectivity index (χ0n) is 18.2. The van der Waals surface area contributed by atoms with Crippen LogP contribution in [0.3, 0.4) is 0 Å². The Labute approximate surface area is 191 Å². The molecular formula is C23H24N8O2. The van der Waals surface area contributed by atoms with Crippen molar-refractivity contribution in [3.8, 4) is 28.8 Å². The highest BCUT2D eigenvalue weighted by molar-refractivity contribution is 5.74. The number of amides is 1. The molecule has 1 aliphatic heterocycles. The third-order valence-electron chi connectivity index (χ3n) is 5.19. The molecule has 10 heteroatoms. The number of carbonyl (C=O) groups excluding carboxylic acids is 1. The number of rotatable bonds is 4. The summed E-state index contributed by atoms with van der Waals surface area (Å²) in [6.07, 6.45) is 1.68. The third-order valence-corrected chi connectivity index (χ3v) is 5.19. The van der Waals surface area contributed by atoms with Crippen molar-refractivity contribution in [3.63, 3.8) is 0 Å². The minimum Gasteiger partial charge on any atom is -0.507 e. The highest BCUT2D eigenvalue weighted by Crippen LogP contribution is 2.31. The summed E-state index contributed by atoms with van der Waals surface area (Å²) in [5.74, 6) is 7.29. The average Bonchev–Trinajstić information content (AvgIpc) is 2.83. The number of hydrogen-bond acceptors (Lipinski definition) is 9. The van der Waals surface area contributed by atoms with Crippen LogP contribution >= 0.6 is 0 Å². The number of nitrogen functional groups attached to an aromatic ring is 1. The van der Waals surface area contributed by atoms with Gasteiger partial charge in [-0.25, -0.2) is 9.97 Å². The fourth-order valence-electron chi connectivity index (χ4n) is 3.52. The van der Waals surface area contributed by atoms with Gasteiger partial charge in [-0.3, -0.25) is 4.79 Å². The van der Waals surface area contributed by atoms with Crippen molar-refractivity contribution in [1.82, 2.24) is 25.5 Å². The van der Waals surface area contributed by atoms with Crippen LogP contribution in [0.4, 0.5) is 17.3 Å². The Bertz CT molecular complexity index is 1210. The number of aromatic nitrogens is 4. The topological polar surface area (TPSA) is 133 Å². The van der Waals surface area contributed by atoms with Gasteiger partial charge in [0, 0.05) is 44.9 Å². The number of aromatic hydroxyl groups is 1. The first-order chi connectivity index (χ1) is 16.0. The minimum atomic E-state index is -0.130. The zero-order chi connectivity index (χ0) is 23.2. The van der Waals surface area contributed by atoms with E-state index in [1.54, 1.807) is 24.4 Å². The maximum Gasteiger partial charge on any atom is 0.217 e. The van der Waals surface area contributed by atoms with Crippen molar-refractivity contribution < 1.29 is 9.90 Å². The molecular weight excluding hydrogens is 420 g/mol. The van der Waals surface area contributed by atoms with Crippen molar-refractivity contribution in [1.29, 1.82) is 0 Å². The number of phenolic OH excluding ortho intramolecular Hbond substituents is 1. The lowest BCUT2D eigenvalue weighted by molar-refractivity contribution is -0.118. The average molecular weight is 444 g/mol. The van der Waals surface area contributed by atoms with Crippen molar-refractivity contribution in [2.24, 2.45) is 0 Å². The molecule has 0 saturated carbocycles. The summed E-state index contributed by atoms with van der Waals surface area (Å²) in [6.45, 7) is 4.58. The molecule has 168 valence electrons. The van der Waals surface area contributed by atoms with Crippen LogP contribution in [0.15, 0.2) is 42.6 Å². The lowest BCUT2D eigenvalue weighted by Crippen LogP contribution is -2.47. The molecule has 0 atom stereocenters. The number of nitrogens with zero attached hydrogens (tertiary/aromatic N) is 6. The molecule has 3 aromatic rings. The van der Waals surface area contributed by atoms with E-state index >= 15 is 0 Å². The van der Waals surface area contributed by atoms with Crippen LogP contribution < -0.4 is 20.9 Å². The molecule has 3 heterocycles. The van der Waals surface area contributed by atoms with Gasteiger partial charge in [-0.15, -0.1) is 10.2 Å². The van der Waals surface area contributed by atoms with Gasteiger partial charge < -0.3 is 26.0 Å². The van der Waals surface area contributed by atoms with Crippen LogP contribution in [0.25, 0.3) is 11.3 Å². The van der Waals surface area contributed by atoms with Crippen LogP contribution in [0.5, 0.6) is 5.75 Å². The van der Waals surface area contributed by atoms with E-state index in [0.29, 0.717) is 36.0 Å². The molecule has 0 unspecified atom stereocenters. The van der Waals surface area contributed by atoms with Crippen molar-refractivity contribution in [2.75, 3.05) is 48.3 Å². The second kappa shape index (κ2) is 9.82. The fraction of sp³-hybridized carbons (Fsp3) is 0.261. The van der Waals surface area contributed by atoms with Crippen LogP contribution in [0, 0.1) is 11.8 Å². The molecule has 10 nitrogen and oxygen atoms in total. The van der Waals surface area contributed by atoms with Crippen molar-refractivity contribution in [3.05, 3.63) is 48.4 Å². The number of nitrogens with one attached hydrogen (secondary N) is 1. The van der Waals surface area contributed by atoms with E-state index in [4.69, 9.17) is 5.73 Å². The van der Waals surface area contributed by atoms with E-state index in [-0.39, 0.29) is 18.2 Å². The van der Waals surface area contributed by atoms with Gasteiger partial charge in [0.1, 0.15) is 11.6 Å². The smallest absolute Gasteiger partial charge is 0.217 e. The second-order valence-corrected chi connectivity index (χ2v) is 7.44. The summed E-state index contributed by atoms with van der Waals surface area (Å²) in [6, 6.07) is 10.7. The van der Waals surface area contributed by atoms with Gasteiger partial charge in [-0.1, -0.05) is 18.1 Å². The summed E-state index contributed by atoms with van der Waals surface area (Å²) >= 11 is 0. The Hall–Kier alpha value is -4.39. The normalized spacial score (nSPS) is 13.2. The van der Waals surface area contributed by atoms with Gasteiger partial charge in [0.05, 0.1) is 17.9 Å². The van der Waals surface area contributed by atoms with Gasteiger partial charge in [0.2, 0.25) is 11.7 Å². The summed E-state index contributed by atoms with van der Waals surface area (Å²) in [7, 11) is 0. The molecule has 4 rings (SSSR count). The number of nitrogens with two attached hydrogens (primary N) is 1. The predicted molar refractivity (Wildman–Crippen MR) is 126 cm³/mol. The van der Waals surface area contributed by atoms with E-state index < -0.39 is 0 Å². The molecule has 0 spiro atoms. The van der Waals surface area contributed by atoms with E-state index in [9.17, 15) is 9.90 Å². The molecule has 1 saturated heterocycles. The molecule has 0 radical (unpaired) electrons. The molecule has 0 bridgehead atoms. The quantitative estimate of drug-likeness (QED) is 0.505. The van der Waals surface area contributed by atoms with Crippen LogP contribution in [0.2, 0.25) is 0 Å². The number of anilines is 3. The zero-order valence-corrected chi connectivity index (χ0v) is 18.2. The molecule has 33 heavy (non-hydrogen) atoms. The number of carbonyl (C=O) groups is 1. The van der Waals surface area contributed by atoms with Crippen LogP contribution in [-0.2, 0) is 4.79 Å². The van der Waals surface area contributed by atoms with E-state index in [1.807, 2.05) is 18.2 Å². The van der Waals surface area contributed by atoms with Crippen molar-refractivity contribution >= 4 is 23.2 Å². The number of hydrogen-bond donors (Lipinski definition) is 3. The summed E-state index contributed by atoms with van der Waals surface area (Å²) in [4.78, 5) is 23.9. The van der Waals surface area contributed by atoms with E-state index in [1.165, 1.54) is 6.92 Å². The molecule has 1 amide bonds. The summed E-state index contributed by atoms with van der Waals surface area (Å²) in [5.41, 5.74) is 8.09. The van der Waals surface area contributed by atoms with Gasteiger partial charge in [0.25, 0.3) is 0 Å². The maximum atomic E-state index is 10.9. The molecule has 1 aromatic carbocycles. The van der Waals surface area contributed by atoms with Crippen LogP contribution in [0.1, 0.15) is 12.7 Å². The lowest BCUT2D eigenvalue weighted by atomic mass is 10.1.